The third-order valence-corrected chi connectivity index (χ3v) is 4.58. The lowest BCUT2D eigenvalue weighted by molar-refractivity contribution is 0.433. The Morgan fingerprint density at radius 2 is 1.88 bits per heavy atom. The minimum absolute atomic E-state index is 0.356. The van der Waals surface area contributed by atoms with Crippen LogP contribution in [0.5, 0.6) is 0 Å². The van der Waals surface area contributed by atoms with E-state index in [1.165, 1.54) is 4.31 Å². The molecule has 0 radical (unpaired) electrons. The normalized spacial score (nSPS) is 11.7. The zero-order chi connectivity index (χ0) is 12.9. The molecular formula is C13H19NO2S. The van der Waals surface area contributed by atoms with Crippen molar-refractivity contribution >= 4 is 10.0 Å². The molecule has 0 spiro atoms. The Morgan fingerprint density at radius 3 is 2.35 bits per heavy atom. The summed E-state index contributed by atoms with van der Waals surface area (Å²) in [6, 6.07) is 6.94. The number of hydrogen-bond acceptors (Lipinski definition) is 2. The molecule has 1 aromatic rings. The fraction of sp³-hybridized carbons (Fsp3) is 0.385. The van der Waals surface area contributed by atoms with E-state index in [-0.39, 0.29) is 0 Å². The summed E-state index contributed by atoms with van der Waals surface area (Å²) in [5.41, 5.74) is 1.05. The molecule has 0 bridgehead atoms. The van der Waals surface area contributed by atoms with Gasteiger partial charge >= 0.3 is 0 Å². The van der Waals surface area contributed by atoms with Crippen molar-refractivity contribution in [2.24, 2.45) is 0 Å². The molecule has 0 aliphatic rings. The van der Waals surface area contributed by atoms with Crippen molar-refractivity contribution in [2.45, 2.75) is 25.2 Å². The Bertz CT molecular complexity index is 463. The van der Waals surface area contributed by atoms with Crippen molar-refractivity contribution in [3.8, 4) is 0 Å². The largest absolute Gasteiger partial charge is 0.243 e. The smallest absolute Gasteiger partial charge is 0.207 e. The molecule has 0 aromatic heterocycles. The van der Waals surface area contributed by atoms with Crippen molar-refractivity contribution in [3.63, 3.8) is 0 Å². The number of aryl methyl sites for hydroxylation is 1. The topological polar surface area (TPSA) is 37.4 Å². The quantitative estimate of drug-likeness (QED) is 0.731. The predicted octanol–water partition coefficient (Wildman–Crippen LogP) is 2.58. The fourth-order valence-corrected chi connectivity index (χ4v) is 3.01. The van der Waals surface area contributed by atoms with Crippen LogP contribution in [0.2, 0.25) is 0 Å². The number of hydrogen-bond donors (Lipinski definition) is 0. The molecule has 0 saturated heterocycles. The summed E-state index contributed by atoms with van der Waals surface area (Å²) in [5.74, 6) is 0. The van der Waals surface area contributed by atoms with Gasteiger partial charge in [0.15, 0.2) is 0 Å². The maximum Gasteiger partial charge on any atom is 0.243 e. The third kappa shape index (κ3) is 3.41. The van der Waals surface area contributed by atoms with Crippen LogP contribution in [-0.4, -0.2) is 25.8 Å². The first-order valence-corrected chi connectivity index (χ1v) is 7.14. The Kier molecular flexibility index (Phi) is 4.90. The summed E-state index contributed by atoms with van der Waals surface area (Å²) in [5, 5.41) is 0. The second-order valence-corrected chi connectivity index (χ2v) is 5.83. The second kappa shape index (κ2) is 5.98. The van der Waals surface area contributed by atoms with E-state index < -0.39 is 10.0 Å². The van der Waals surface area contributed by atoms with Crippen LogP contribution in [0.15, 0.2) is 41.8 Å². The average molecular weight is 253 g/mol. The molecule has 0 aliphatic heterocycles. The van der Waals surface area contributed by atoms with Gasteiger partial charge in [-0.15, -0.1) is 6.58 Å². The molecule has 0 saturated carbocycles. The molecule has 0 N–H and O–H groups in total. The summed E-state index contributed by atoms with van der Waals surface area (Å²) in [7, 11) is -3.35. The first kappa shape index (κ1) is 13.9. The molecule has 1 aromatic carbocycles. The average Bonchev–Trinajstić information content (AvgIpc) is 2.30. The van der Waals surface area contributed by atoms with Crippen LogP contribution in [0.25, 0.3) is 0 Å². The molecule has 0 aliphatic carbocycles. The lowest BCUT2D eigenvalue weighted by Crippen LogP contribution is -2.31. The van der Waals surface area contributed by atoms with Gasteiger partial charge in [-0.3, -0.25) is 0 Å². The van der Waals surface area contributed by atoms with E-state index in [0.29, 0.717) is 24.4 Å². The van der Waals surface area contributed by atoms with Gasteiger partial charge in [-0.1, -0.05) is 30.7 Å². The van der Waals surface area contributed by atoms with Gasteiger partial charge in [0.2, 0.25) is 10.0 Å². The summed E-state index contributed by atoms with van der Waals surface area (Å²) in [6.45, 7) is 8.35. The monoisotopic (exact) mass is 253 g/mol. The molecule has 0 fully saturated rings. The van der Waals surface area contributed by atoms with Gasteiger partial charge in [-0.05, 0) is 25.5 Å². The number of nitrogens with zero attached hydrogens (tertiary/aromatic N) is 1. The van der Waals surface area contributed by atoms with Crippen LogP contribution < -0.4 is 0 Å². The Hall–Kier alpha value is -1.13. The fourth-order valence-electron chi connectivity index (χ4n) is 1.54. The maximum atomic E-state index is 12.3. The van der Waals surface area contributed by atoms with Crippen molar-refractivity contribution in [1.29, 1.82) is 0 Å². The molecule has 4 heteroatoms. The van der Waals surface area contributed by atoms with Gasteiger partial charge in [-0.25, -0.2) is 8.42 Å². The van der Waals surface area contributed by atoms with Crippen LogP contribution in [-0.2, 0) is 10.0 Å². The highest BCUT2D eigenvalue weighted by Gasteiger charge is 2.21. The van der Waals surface area contributed by atoms with Crippen LogP contribution in [0.1, 0.15) is 18.9 Å². The van der Waals surface area contributed by atoms with Crippen LogP contribution in [0.4, 0.5) is 0 Å². The van der Waals surface area contributed by atoms with Gasteiger partial charge in [0, 0.05) is 13.1 Å². The van der Waals surface area contributed by atoms with Crippen molar-refractivity contribution in [2.75, 3.05) is 13.1 Å². The van der Waals surface area contributed by atoms with E-state index in [9.17, 15) is 8.42 Å². The van der Waals surface area contributed by atoms with Crippen molar-refractivity contribution in [1.82, 2.24) is 4.31 Å². The molecule has 1 rings (SSSR count). The van der Waals surface area contributed by atoms with E-state index in [1.807, 2.05) is 26.0 Å². The third-order valence-electron chi connectivity index (χ3n) is 2.59. The second-order valence-electron chi connectivity index (χ2n) is 3.89. The molecule has 3 nitrogen and oxygen atoms in total. The minimum atomic E-state index is -3.35. The Balaban J connectivity index is 2.99. The lowest BCUT2D eigenvalue weighted by atomic mass is 10.2. The summed E-state index contributed by atoms with van der Waals surface area (Å²) < 4.78 is 26.0. The minimum Gasteiger partial charge on any atom is -0.207 e. The lowest BCUT2D eigenvalue weighted by Gasteiger charge is -2.19. The number of sulfonamides is 1. The highest BCUT2D eigenvalue weighted by Crippen LogP contribution is 2.16. The van der Waals surface area contributed by atoms with Gasteiger partial charge in [-0.2, -0.15) is 4.31 Å². The SMILES string of the molecule is C=CCCN(CC)S(=O)(=O)c1ccc(C)cc1. The molecule has 94 valence electrons. The predicted molar refractivity (Wildman–Crippen MR) is 70.4 cm³/mol. The maximum absolute atomic E-state index is 12.3. The summed E-state index contributed by atoms with van der Waals surface area (Å²) >= 11 is 0. The molecule has 0 unspecified atom stereocenters. The van der Waals surface area contributed by atoms with E-state index in [0.717, 1.165) is 5.56 Å². The zero-order valence-corrected chi connectivity index (χ0v) is 11.2. The first-order valence-electron chi connectivity index (χ1n) is 5.70. The number of rotatable bonds is 6. The first-order chi connectivity index (χ1) is 8.02. The van der Waals surface area contributed by atoms with Crippen LogP contribution in [0, 0.1) is 6.92 Å². The summed E-state index contributed by atoms with van der Waals surface area (Å²) in [6.07, 6.45) is 2.40. The van der Waals surface area contributed by atoms with Crippen LogP contribution in [0.3, 0.4) is 0 Å². The van der Waals surface area contributed by atoms with Gasteiger partial charge in [0.05, 0.1) is 4.90 Å². The Labute approximate surface area is 104 Å². The summed E-state index contributed by atoms with van der Waals surface area (Å²) in [4.78, 5) is 0.356. The molecular weight excluding hydrogens is 234 g/mol. The highest BCUT2D eigenvalue weighted by atomic mass is 32.2. The van der Waals surface area contributed by atoms with Gasteiger partial charge in [0.1, 0.15) is 0 Å². The van der Waals surface area contributed by atoms with E-state index in [4.69, 9.17) is 0 Å². The van der Waals surface area contributed by atoms with Gasteiger partial charge < -0.3 is 0 Å². The van der Waals surface area contributed by atoms with Crippen LogP contribution >= 0.6 is 0 Å². The van der Waals surface area contributed by atoms with E-state index in [1.54, 1.807) is 18.2 Å². The zero-order valence-electron chi connectivity index (χ0n) is 10.4. The molecule has 0 atom stereocenters. The van der Waals surface area contributed by atoms with Gasteiger partial charge in [0.25, 0.3) is 0 Å². The number of benzene rings is 1. The highest BCUT2D eigenvalue weighted by molar-refractivity contribution is 7.89. The van der Waals surface area contributed by atoms with Crippen molar-refractivity contribution in [3.05, 3.63) is 42.5 Å². The standard InChI is InChI=1S/C13H19NO2S/c1-4-6-11-14(5-2)17(15,16)13-9-7-12(3)8-10-13/h4,7-10H,1,5-6,11H2,2-3H3. The van der Waals surface area contributed by atoms with Crippen molar-refractivity contribution < 1.29 is 8.42 Å². The van der Waals surface area contributed by atoms with E-state index >= 15 is 0 Å². The molecule has 0 heterocycles. The Morgan fingerprint density at radius 1 is 1.29 bits per heavy atom. The molecule has 0 amide bonds. The molecule has 17 heavy (non-hydrogen) atoms. The van der Waals surface area contributed by atoms with E-state index in [2.05, 4.69) is 6.58 Å².